The van der Waals surface area contributed by atoms with Gasteiger partial charge in [-0.1, -0.05) is 0 Å². The zero-order valence-corrected chi connectivity index (χ0v) is 7.12. The summed E-state index contributed by atoms with van der Waals surface area (Å²) >= 11 is 0. The third-order valence-corrected chi connectivity index (χ3v) is 1.10. The molecular formula is C5H12O5P. The summed E-state index contributed by atoms with van der Waals surface area (Å²) in [6.07, 6.45) is 1.34. The molecule has 0 aromatic carbocycles. The summed E-state index contributed by atoms with van der Waals surface area (Å²) in [4.78, 5) is 15.3. The van der Waals surface area contributed by atoms with Gasteiger partial charge in [-0.25, -0.2) is 5.11 Å². The standard InChI is InChI=1S/C4H7O2.CH5O3P/c5-3-4(6)1-2-4;1-5(2,3)4/h5H,1-3H2;1H3,(H2,2,3,4). The van der Waals surface area contributed by atoms with Crippen molar-refractivity contribution in [3.8, 4) is 0 Å². The number of hydrogen-bond acceptors (Lipinski definition) is 2. The van der Waals surface area contributed by atoms with Crippen molar-refractivity contribution in [3.05, 3.63) is 0 Å². The molecule has 1 aliphatic carbocycles. The predicted molar refractivity (Wildman–Crippen MR) is 37.7 cm³/mol. The van der Waals surface area contributed by atoms with Crippen LogP contribution < -0.4 is 0 Å². The van der Waals surface area contributed by atoms with Gasteiger partial charge in [0.25, 0.3) is 0 Å². The van der Waals surface area contributed by atoms with Gasteiger partial charge in [-0.2, -0.15) is 0 Å². The van der Waals surface area contributed by atoms with Gasteiger partial charge in [0, 0.05) is 6.66 Å². The molecule has 67 valence electrons. The van der Waals surface area contributed by atoms with Crippen LogP contribution in [0.15, 0.2) is 0 Å². The first-order valence-electron chi connectivity index (χ1n) is 3.11. The zero-order chi connectivity index (χ0) is 9.12. The Morgan fingerprint density at radius 3 is 1.73 bits per heavy atom. The highest BCUT2D eigenvalue weighted by atomic mass is 31.2. The Labute approximate surface area is 64.8 Å². The lowest BCUT2D eigenvalue weighted by atomic mass is 10.4. The van der Waals surface area contributed by atoms with Crippen molar-refractivity contribution in [2.75, 3.05) is 13.3 Å². The fraction of sp³-hybridized carbons (Fsp3) is 1.00. The molecule has 0 atom stereocenters. The lowest BCUT2D eigenvalue weighted by Gasteiger charge is -1.91. The quantitative estimate of drug-likeness (QED) is 0.487. The van der Waals surface area contributed by atoms with Crippen molar-refractivity contribution in [2.24, 2.45) is 0 Å². The molecule has 1 fully saturated rings. The van der Waals surface area contributed by atoms with Crippen molar-refractivity contribution in [1.82, 2.24) is 0 Å². The van der Waals surface area contributed by atoms with E-state index >= 15 is 0 Å². The third-order valence-electron chi connectivity index (χ3n) is 1.10. The van der Waals surface area contributed by atoms with Crippen LogP contribution in [0.3, 0.4) is 0 Å². The maximum absolute atomic E-state index is 10.3. The molecule has 0 bridgehead atoms. The van der Waals surface area contributed by atoms with Crippen molar-refractivity contribution in [3.63, 3.8) is 0 Å². The Morgan fingerprint density at radius 2 is 1.73 bits per heavy atom. The van der Waals surface area contributed by atoms with Gasteiger partial charge in [-0.3, -0.25) is 4.57 Å². The zero-order valence-electron chi connectivity index (χ0n) is 6.23. The first kappa shape index (κ1) is 11.1. The monoisotopic (exact) mass is 183 g/mol. The number of aliphatic hydroxyl groups excluding tert-OH is 1. The van der Waals surface area contributed by atoms with Gasteiger partial charge < -0.3 is 14.9 Å². The Bertz CT molecular complexity index is 150. The minimum atomic E-state index is -3.64. The smallest absolute Gasteiger partial charge is 0.322 e. The molecule has 0 amide bonds. The summed E-state index contributed by atoms with van der Waals surface area (Å²) in [5, 5.41) is 18.5. The Balaban J connectivity index is 0.000000187. The lowest BCUT2D eigenvalue weighted by molar-refractivity contribution is 0.0128. The molecule has 0 saturated heterocycles. The van der Waals surface area contributed by atoms with E-state index in [1.807, 2.05) is 0 Å². The molecule has 5 nitrogen and oxygen atoms in total. The summed E-state index contributed by atoms with van der Waals surface area (Å²) in [7, 11) is -3.64. The maximum Gasteiger partial charge on any atom is 0.322 e. The fourth-order valence-electron chi connectivity index (χ4n) is 0.298. The first-order chi connectivity index (χ1) is 4.77. The van der Waals surface area contributed by atoms with E-state index in [2.05, 4.69) is 0 Å². The molecular weight excluding hydrogens is 171 g/mol. The van der Waals surface area contributed by atoms with E-state index in [0.717, 1.165) is 6.66 Å². The second-order valence-corrected chi connectivity index (χ2v) is 4.35. The highest BCUT2D eigenvalue weighted by Crippen LogP contribution is 2.34. The normalized spacial score (nSPS) is 20.1. The minimum Gasteiger partial charge on any atom is -0.393 e. The topological polar surface area (TPSA) is 97.7 Å². The summed E-state index contributed by atoms with van der Waals surface area (Å²) in [5.74, 6) is 0. The van der Waals surface area contributed by atoms with E-state index in [1.54, 1.807) is 0 Å². The molecule has 11 heavy (non-hydrogen) atoms. The second-order valence-electron chi connectivity index (χ2n) is 2.68. The van der Waals surface area contributed by atoms with Gasteiger partial charge in [-0.15, -0.1) is 0 Å². The van der Waals surface area contributed by atoms with Crippen molar-refractivity contribution in [2.45, 2.75) is 18.4 Å². The predicted octanol–water partition coefficient (Wildman–Crippen LogP) is -0.264. The van der Waals surface area contributed by atoms with E-state index in [4.69, 9.17) is 14.9 Å². The highest BCUT2D eigenvalue weighted by Gasteiger charge is 2.41. The molecule has 1 rings (SSSR count). The number of rotatable bonds is 1. The lowest BCUT2D eigenvalue weighted by Crippen LogP contribution is -2.09. The van der Waals surface area contributed by atoms with E-state index < -0.39 is 13.2 Å². The van der Waals surface area contributed by atoms with Crippen LogP contribution in [0, 0.1) is 0 Å². The van der Waals surface area contributed by atoms with E-state index in [9.17, 15) is 9.67 Å². The third kappa shape index (κ3) is 10.1. The van der Waals surface area contributed by atoms with Crippen molar-refractivity contribution >= 4 is 7.60 Å². The van der Waals surface area contributed by atoms with Gasteiger partial charge in [0.05, 0.1) is 6.61 Å². The van der Waals surface area contributed by atoms with Crippen molar-refractivity contribution < 1.29 is 24.6 Å². The first-order valence-corrected chi connectivity index (χ1v) is 5.17. The van der Waals surface area contributed by atoms with Crippen LogP contribution in [0.4, 0.5) is 0 Å². The van der Waals surface area contributed by atoms with Gasteiger partial charge >= 0.3 is 7.60 Å². The van der Waals surface area contributed by atoms with E-state index in [0.29, 0.717) is 12.8 Å². The van der Waals surface area contributed by atoms with Crippen LogP contribution in [0.1, 0.15) is 12.8 Å². The summed E-state index contributed by atoms with van der Waals surface area (Å²) in [5.41, 5.74) is -0.903. The van der Waals surface area contributed by atoms with Crippen LogP contribution in [-0.4, -0.2) is 33.8 Å². The molecule has 0 spiro atoms. The van der Waals surface area contributed by atoms with Crippen LogP contribution in [0.2, 0.25) is 0 Å². The molecule has 1 saturated carbocycles. The van der Waals surface area contributed by atoms with Gasteiger partial charge in [0.15, 0.2) is 0 Å². The molecule has 0 heterocycles. The molecule has 0 aromatic heterocycles. The van der Waals surface area contributed by atoms with Crippen LogP contribution >= 0.6 is 7.60 Å². The van der Waals surface area contributed by atoms with Crippen LogP contribution in [0.25, 0.3) is 0 Å². The van der Waals surface area contributed by atoms with E-state index in [-0.39, 0.29) is 6.61 Å². The summed E-state index contributed by atoms with van der Waals surface area (Å²) < 4.78 is 9.33. The summed E-state index contributed by atoms with van der Waals surface area (Å²) in [6.45, 7) is 0.681. The Hall–Kier alpha value is 0.0700. The fourth-order valence-corrected chi connectivity index (χ4v) is 0.298. The van der Waals surface area contributed by atoms with Crippen LogP contribution in [-0.2, 0) is 9.67 Å². The molecule has 0 unspecified atom stereocenters. The van der Waals surface area contributed by atoms with Gasteiger partial charge in [0.1, 0.15) is 5.60 Å². The molecule has 6 heteroatoms. The second kappa shape index (κ2) is 3.65. The van der Waals surface area contributed by atoms with Crippen LogP contribution in [0.5, 0.6) is 0 Å². The molecule has 0 aromatic rings. The molecule has 0 aliphatic heterocycles. The average Bonchev–Trinajstić information content (AvgIpc) is 2.45. The van der Waals surface area contributed by atoms with E-state index in [1.165, 1.54) is 0 Å². The largest absolute Gasteiger partial charge is 0.393 e. The maximum atomic E-state index is 10.3. The Morgan fingerprint density at radius 1 is 1.45 bits per heavy atom. The average molecular weight is 183 g/mol. The SMILES string of the molecule is CP(=O)(O)O.[O]C1(CO)CC1. The molecule has 1 radical (unpaired) electrons. The summed E-state index contributed by atoms with van der Waals surface area (Å²) in [6, 6.07) is 0. The van der Waals surface area contributed by atoms with Gasteiger partial charge in [0.2, 0.25) is 0 Å². The highest BCUT2D eigenvalue weighted by molar-refractivity contribution is 7.50. The van der Waals surface area contributed by atoms with Crippen molar-refractivity contribution in [1.29, 1.82) is 0 Å². The molecule has 1 aliphatic rings. The number of aliphatic hydroxyl groups is 1. The minimum absolute atomic E-state index is 0.174. The Kier molecular flexibility index (Phi) is 3.67. The van der Waals surface area contributed by atoms with Gasteiger partial charge in [-0.05, 0) is 12.8 Å². The molecule has 3 N–H and O–H groups in total. The number of hydrogen-bond donors (Lipinski definition) is 3.